The first-order valence-electron chi connectivity index (χ1n) is 2.86. The molecule has 0 saturated carbocycles. The molecule has 0 heterocycles. The third-order valence-corrected chi connectivity index (χ3v) is 1.17. The van der Waals surface area contributed by atoms with Crippen LogP contribution in [-0.2, 0) is 9.59 Å². The van der Waals surface area contributed by atoms with Gasteiger partial charge in [-0.15, -0.1) is 0 Å². The highest BCUT2D eigenvalue weighted by Crippen LogP contribution is 1.95. The van der Waals surface area contributed by atoms with E-state index in [-0.39, 0.29) is 6.42 Å². The number of carbonyl (C=O) groups excluding carboxylic acids is 1. The van der Waals surface area contributed by atoms with Gasteiger partial charge in [-0.1, -0.05) is 0 Å². The molecule has 0 aromatic rings. The average molecular weight is 149 g/mol. The normalized spacial score (nSPS) is 14.1. The molecule has 1 atom stereocenters. The summed E-state index contributed by atoms with van der Waals surface area (Å²) in [5.74, 6) is -2.35. The van der Waals surface area contributed by atoms with Crippen LogP contribution in [0.5, 0.6) is 0 Å². The zero-order valence-electron chi connectivity index (χ0n) is 5.96. The number of thioether (sulfide) groups is 1. The lowest BCUT2D eigenvalue weighted by Crippen LogP contribution is -2.12. The molecule has 0 saturated heterocycles. The number of carboxylic acid groups (broad SMARTS) is 1. The molecule has 9 heavy (non-hydrogen) atoms. The Balaban J connectivity index is 3.68. The van der Waals surface area contributed by atoms with Gasteiger partial charge in [0.05, 0.1) is 0 Å². The van der Waals surface area contributed by atoms with Gasteiger partial charge in [-0.3, -0.25) is 4.79 Å². The molecule has 0 fully saturated rings. The van der Waals surface area contributed by atoms with Gasteiger partial charge in [0.2, 0.25) is 5.78 Å². The smallest absolute Gasteiger partial charge is 0.372 e. The predicted molar refractivity (Wildman–Crippen MR) is 35.6 cm³/mol. The summed E-state index contributed by atoms with van der Waals surface area (Å²) in [7, 11) is 0. The fourth-order valence-corrected chi connectivity index (χ4v) is 0.564. The summed E-state index contributed by atoms with van der Waals surface area (Å²) in [6, 6.07) is 0. The molecular formula is C5H8O3S. The number of rotatable bonds is 4. The van der Waals surface area contributed by atoms with Gasteiger partial charge in [0, 0.05) is 13.5 Å². The number of hydrogen-bond donors (Lipinski definition) is 1. The Hall–Kier alpha value is -0.510. The molecule has 4 heteroatoms. The summed E-state index contributed by atoms with van der Waals surface area (Å²) in [5, 5.41) is 8.08. The Labute approximate surface area is 58.8 Å². The van der Waals surface area contributed by atoms with Crippen LogP contribution >= 0.6 is 11.8 Å². The van der Waals surface area contributed by atoms with Crippen molar-refractivity contribution in [3.8, 4) is 0 Å². The molecule has 0 aliphatic rings. The number of aliphatic carboxylic acids is 1. The van der Waals surface area contributed by atoms with Crippen LogP contribution < -0.4 is 0 Å². The number of Topliss-reactive ketones (excluding diaryl/α,β-unsaturated/α-hetero) is 1. The summed E-state index contributed by atoms with van der Waals surface area (Å²) in [5.41, 5.74) is -0.649. The van der Waals surface area contributed by atoms with E-state index >= 15 is 0 Å². The van der Waals surface area contributed by atoms with E-state index < -0.39 is 17.5 Å². The largest absolute Gasteiger partial charge is 0.476 e. The molecule has 0 bridgehead atoms. The second-order valence-corrected chi connectivity index (χ2v) is 2.14. The fourth-order valence-electron chi connectivity index (χ4n) is 0.246. The van der Waals surface area contributed by atoms with Crippen molar-refractivity contribution in [1.82, 2.24) is 0 Å². The second-order valence-electron chi connectivity index (χ2n) is 1.33. The van der Waals surface area contributed by atoms with Crippen LogP contribution in [0.2, 0.25) is 0 Å². The van der Waals surface area contributed by atoms with Crippen molar-refractivity contribution < 1.29 is 16.1 Å². The maximum atomic E-state index is 10.4. The van der Waals surface area contributed by atoms with Gasteiger partial charge in [0.25, 0.3) is 0 Å². The van der Waals surface area contributed by atoms with E-state index in [4.69, 9.17) is 6.48 Å². The Morgan fingerprint density at radius 1 is 1.78 bits per heavy atom. The van der Waals surface area contributed by atoms with Gasteiger partial charge >= 0.3 is 5.97 Å². The fraction of sp³-hybridized carbons (Fsp3) is 0.600. The molecule has 0 aliphatic carbocycles. The molecule has 0 aliphatic heterocycles. The first kappa shape index (κ1) is 6.61. The summed E-state index contributed by atoms with van der Waals surface area (Å²) < 4.78 is 7.02. The summed E-state index contributed by atoms with van der Waals surface area (Å²) in [4.78, 5) is 20.3. The predicted octanol–water partition coefficient (Wildman–Crippen LogP) is 0.393. The van der Waals surface area contributed by atoms with Crippen molar-refractivity contribution in [2.24, 2.45) is 0 Å². The van der Waals surface area contributed by atoms with Crippen LogP contribution in [0.25, 0.3) is 0 Å². The molecule has 0 rings (SSSR count). The average Bonchev–Trinajstić information content (AvgIpc) is 1.87. The van der Waals surface area contributed by atoms with Gasteiger partial charge in [0.15, 0.2) is 0 Å². The van der Waals surface area contributed by atoms with Gasteiger partial charge in [0.1, 0.15) is 0 Å². The Bertz CT molecular complexity index is 148. The third-order valence-electron chi connectivity index (χ3n) is 0.674. The minimum atomic E-state index is -1.45. The lowest BCUT2D eigenvalue weighted by Gasteiger charge is -1.89. The standard InChI is InChI=1S/C5H8O3S/c1-9-3-2-4(6)5(7)8/h2-3H2,1H3,(H,7,8)/i3D. The molecule has 0 radical (unpaired) electrons. The number of hydrogen-bond acceptors (Lipinski definition) is 3. The number of carboxylic acids is 1. The summed E-state index contributed by atoms with van der Waals surface area (Å²) in [6.07, 6.45) is 1.45. The van der Waals surface area contributed by atoms with Gasteiger partial charge < -0.3 is 5.11 Å². The van der Waals surface area contributed by atoms with Crippen LogP contribution in [0.3, 0.4) is 0 Å². The van der Waals surface area contributed by atoms with Crippen LogP contribution in [0.4, 0.5) is 0 Å². The Morgan fingerprint density at radius 3 is 2.67 bits per heavy atom. The van der Waals surface area contributed by atoms with Crippen molar-refractivity contribution in [1.29, 1.82) is 0 Å². The van der Waals surface area contributed by atoms with E-state index in [0.717, 1.165) is 11.8 Å². The highest BCUT2D eigenvalue weighted by molar-refractivity contribution is 7.98. The molecule has 0 aromatic carbocycles. The van der Waals surface area contributed by atoms with E-state index in [2.05, 4.69) is 0 Å². The zero-order valence-corrected chi connectivity index (χ0v) is 5.77. The lowest BCUT2D eigenvalue weighted by molar-refractivity contribution is -0.148. The summed E-state index contributed by atoms with van der Waals surface area (Å²) >= 11 is 1.15. The van der Waals surface area contributed by atoms with Crippen LogP contribution in [-0.4, -0.2) is 28.8 Å². The number of carbonyl (C=O) groups is 2. The highest BCUT2D eigenvalue weighted by Gasteiger charge is 2.08. The molecule has 1 N–H and O–H groups in total. The molecule has 0 spiro atoms. The van der Waals surface area contributed by atoms with E-state index in [1.54, 1.807) is 6.26 Å². The minimum absolute atomic E-state index is 0.212. The monoisotopic (exact) mass is 149 g/mol. The van der Waals surface area contributed by atoms with Gasteiger partial charge in [-0.25, -0.2) is 4.79 Å². The van der Waals surface area contributed by atoms with Crippen LogP contribution in [0.15, 0.2) is 0 Å². The van der Waals surface area contributed by atoms with E-state index in [9.17, 15) is 9.59 Å². The van der Waals surface area contributed by atoms with E-state index in [0.29, 0.717) is 0 Å². The van der Waals surface area contributed by atoms with E-state index in [1.165, 1.54) is 0 Å². The quantitative estimate of drug-likeness (QED) is 0.587. The van der Waals surface area contributed by atoms with E-state index in [1.807, 2.05) is 0 Å². The minimum Gasteiger partial charge on any atom is -0.476 e. The third kappa shape index (κ3) is 4.02. The molecule has 3 nitrogen and oxygen atoms in total. The van der Waals surface area contributed by atoms with Crippen molar-refractivity contribution in [3.05, 3.63) is 0 Å². The SMILES string of the molecule is [2H]C(CC(=O)C(=O)O)SC. The maximum absolute atomic E-state index is 10.4. The summed E-state index contributed by atoms with van der Waals surface area (Å²) in [6.45, 7) is 0. The number of ketones is 1. The van der Waals surface area contributed by atoms with Crippen molar-refractivity contribution >= 4 is 23.5 Å². The highest BCUT2D eigenvalue weighted by atomic mass is 32.2. The second kappa shape index (κ2) is 4.38. The van der Waals surface area contributed by atoms with Crippen molar-refractivity contribution in [2.75, 3.05) is 12.0 Å². The Kier molecular flexibility index (Phi) is 3.21. The van der Waals surface area contributed by atoms with Crippen molar-refractivity contribution in [3.63, 3.8) is 0 Å². The molecule has 0 amide bonds. The van der Waals surface area contributed by atoms with Gasteiger partial charge in [-0.05, 0) is 6.26 Å². The maximum Gasteiger partial charge on any atom is 0.372 e. The topological polar surface area (TPSA) is 54.4 Å². The molecule has 0 aromatic heterocycles. The molecule has 1 unspecified atom stereocenters. The lowest BCUT2D eigenvalue weighted by atomic mass is 10.3. The van der Waals surface area contributed by atoms with Crippen molar-refractivity contribution in [2.45, 2.75) is 6.42 Å². The first-order valence-corrected chi connectivity index (χ1v) is 3.58. The van der Waals surface area contributed by atoms with Crippen LogP contribution in [0, 0.1) is 0 Å². The van der Waals surface area contributed by atoms with Gasteiger partial charge in [-0.2, -0.15) is 11.8 Å². The molecular weight excluding hydrogens is 140 g/mol. The zero-order chi connectivity index (χ0) is 8.15. The van der Waals surface area contributed by atoms with Crippen LogP contribution in [0.1, 0.15) is 7.79 Å². The molecule has 52 valence electrons. The first-order chi connectivity index (χ1) is 4.57. The Morgan fingerprint density at radius 2 is 2.33 bits per heavy atom.